The maximum Gasteiger partial charge on any atom is 0.128 e. The van der Waals surface area contributed by atoms with Crippen molar-refractivity contribution in [1.29, 1.82) is 0 Å². The van der Waals surface area contributed by atoms with Crippen LogP contribution in [0.15, 0.2) is 24.4 Å². The highest BCUT2D eigenvalue weighted by Crippen LogP contribution is 2.20. The number of hydrogen-bond acceptors (Lipinski definition) is 3. The van der Waals surface area contributed by atoms with Crippen molar-refractivity contribution in [3.05, 3.63) is 24.4 Å². The third-order valence-electron chi connectivity index (χ3n) is 3.27. The zero-order valence-corrected chi connectivity index (χ0v) is 10.0. The molecule has 2 heterocycles. The summed E-state index contributed by atoms with van der Waals surface area (Å²) in [5, 5.41) is 3.44. The van der Waals surface area contributed by atoms with Crippen LogP contribution < -0.4 is 10.2 Å². The molecule has 1 N–H and O–H groups in total. The Morgan fingerprint density at radius 3 is 2.81 bits per heavy atom. The van der Waals surface area contributed by atoms with Gasteiger partial charge in [-0.2, -0.15) is 0 Å². The predicted molar refractivity (Wildman–Crippen MR) is 67.7 cm³/mol. The normalized spacial score (nSPS) is 17.7. The van der Waals surface area contributed by atoms with Gasteiger partial charge in [-0.25, -0.2) is 4.98 Å². The molecule has 1 aromatic rings. The van der Waals surface area contributed by atoms with E-state index in [9.17, 15) is 0 Å². The van der Waals surface area contributed by atoms with Crippen LogP contribution in [0.1, 0.15) is 19.8 Å². The Balaban J connectivity index is 1.81. The molecule has 3 nitrogen and oxygen atoms in total. The smallest absolute Gasteiger partial charge is 0.128 e. The van der Waals surface area contributed by atoms with Crippen LogP contribution in [-0.4, -0.2) is 31.2 Å². The first-order chi connectivity index (χ1) is 7.90. The van der Waals surface area contributed by atoms with E-state index in [1.807, 2.05) is 12.3 Å². The van der Waals surface area contributed by atoms with E-state index >= 15 is 0 Å². The van der Waals surface area contributed by atoms with Crippen molar-refractivity contribution in [3.8, 4) is 0 Å². The van der Waals surface area contributed by atoms with Crippen LogP contribution in [0, 0.1) is 5.92 Å². The third-order valence-corrected chi connectivity index (χ3v) is 3.27. The minimum absolute atomic E-state index is 0.847. The highest BCUT2D eigenvalue weighted by atomic mass is 15.2. The van der Waals surface area contributed by atoms with E-state index in [4.69, 9.17) is 0 Å². The lowest BCUT2D eigenvalue weighted by Crippen LogP contribution is -2.37. The second-order valence-electron chi connectivity index (χ2n) is 4.43. The minimum atomic E-state index is 0.847. The van der Waals surface area contributed by atoms with E-state index < -0.39 is 0 Å². The zero-order valence-electron chi connectivity index (χ0n) is 10.0. The highest BCUT2D eigenvalue weighted by Gasteiger charge is 2.19. The summed E-state index contributed by atoms with van der Waals surface area (Å²) in [6.45, 7) is 6.72. The molecule has 16 heavy (non-hydrogen) atoms. The van der Waals surface area contributed by atoms with Crippen molar-refractivity contribution in [2.24, 2.45) is 5.92 Å². The average molecular weight is 219 g/mol. The molecule has 0 amide bonds. The van der Waals surface area contributed by atoms with E-state index in [1.54, 1.807) is 0 Å². The molecule has 0 spiro atoms. The molecule has 88 valence electrons. The molecule has 2 rings (SSSR count). The number of pyridine rings is 1. The topological polar surface area (TPSA) is 28.2 Å². The molecule has 0 radical (unpaired) electrons. The fourth-order valence-corrected chi connectivity index (χ4v) is 2.26. The molecule has 1 aromatic heterocycles. The first-order valence-corrected chi connectivity index (χ1v) is 6.27. The molecule has 0 atom stereocenters. The van der Waals surface area contributed by atoms with Crippen LogP contribution in [-0.2, 0) is 0 Å². The van der Waals surface area contributed by atoms with Crippen molar-refractivity contribution in [3.63, 3.8) is 0 Å². The fraction of sp³-hybridized carbons (Fsp3) is 0.615. The second-order valence-corrected chi connectivity index (χ2v) is 4.43. The van der Waals surface area contributed by atoms with E-state index in [-0.39, 0.29) is 0 Å². The Bertz CT molecular complexity index is 291. The van der Waals surface area contributed by atoms with E-state index in [2.05, 4.69) is 34.3 Å². The zero-order chi connectivity index (χ0) is 11.2. The summed E-state index contributed by atoms with van der Waals surface area (Å²) in [6.07, 6.45) is 4.44. The van der Waals surface area contributed by atoms with E-state index in [1.165, 1.54) is 19.4 Å². The Hall–Kier alpha value is -1.09. The highest BCUT2D eigenvalue weighted by molar-refractivity contribution is 5.37. The van der Waals surface area contributed by atoms with Gasteiger partial charge in [0.2, 0.25) is 0 Å². The summed E-state index contributed by atoms with van der Waals surface area (Å²) >= 11 is 0. The standard InChI is InChI=1S/C13H21N3/c1-2-14-11-12-6-9-16(10-7-12)13-5-3-4-8-15-13/h3-5,8,12,14H,2,6-7,9-11H2,1H3. The lowest BCUT2D eigenvalue weighted by atomic mass is 9.97. The molecule has 0 aliphatic carbocycles. The van der Waals surface area contributed by atoms with Crippen LogP contribution in [0.3, 0.4) is 0 Å². The first kappa shape index (κ1) is 11.4. The van der Waals surface area contributed by atoms with Gasteiger partial charge in [-0.05, 0) is 44.0 Å². The quantitative estimate of drug-likeness (QED) is 0.838. The summed E-state index contributed by atoms with van der Waals surface area (Å²) in [4.78, 5) is 6.79. The van der Waals surface area contributed by atoms with Gasteiger partial charge in [-0.3, -0.25) is 0 Å². The van der Waals surface area contributed by atoms with Crippen LogP contribution in [0.5, 0.6) is 0 Å². The molecule has 1 fully saturated rings. The maximum atomic E-state index is 4.40. The van der Waals surface area contributed by atoms with Gasteiger partial charge in [-0.15, -0.1) is 0 Å². The van der Waals surface area contributed by atoms with Crippen molar-refractivity contribution < 1.29 is 0 Å². The van der Waals surface area contributed by atoms with Gasteiger partial charge in [-0.1, -0.05) is 13.0 Å². The Morgan fingerprint density at radius 2 is 2.19 bits per heavy atom. The lowest BCUT2D eigenvalue weighted by molar-refractivity contribution is 0.385. The fourth-order valence-electron chi connectivity index (χ4n) is 2.26. The summed E-state index contributed by atoms with van der Waals surface area (Å²) in [5.74, 6) is 1.98. The van der Waals surface area contributed by atoms with E-state index in [0.717, 1.165) is 31.4 Å². The van der Waals surface area contributed by atoms with Crippen molar-refractivity contribution in [2.45, 2.75) is 19.8 Å². The van der Waals surface area contributed by atoms with Crippen LogP contribution in [0.4, 0.5) is 5.82 Å². The van der Waals surface area contributed by atoms with Gasteiger partial charge in [0, 0.05) is 19.3 Å². The number of nitrogens with one attached hydrogen (secondary N) is 1. The molecule has 1 aliphatic heterocycles. The maximum absolute atomic E-state index is 4.40. The van der Waals surface area contributed by atoms with Gasteiger partial charge in [0.05, 0.1) is 0 Å². The molecule has 0 unspecified atom stereocenters. The Labute approximate surface area is 97.9 Å². The molecule has 0 aromatic carbocycles. The number of hydrogen-bond donors (Lipinski definition) is 1. The van der Waals surface area contributed by atoms with Crippen molar-refractivity contribution >= 4 is 5.82 Å². The molecular formula is C13H21N3. The number of rotatable bonds is 4. The number of nitrogens with zero attached hydrogens (tertiary/aromatic N) is 2. The monoisotopic (exact) mass is 219 g/mol. The van der Waals surface area contributed by atoms with Gasteiger partial charge in [0.1, 0.15) is 5.82 Å². The molecule has 0 bridgehead atoms. The Kier molecular flexibility index (Phi) is 4.17. The van der Waals surface area contributed by atoms with Gasteiger partial charge in [0.15, 0.2) is 0 Å². The molecule has 1 aliphatic rings. The number of aromatic nitrogens is 1. The summed E-state index contributed by atoms with van der Waals surface area (Å²) < 4.78 is 0. The van der Waals surface area contributed by atoms with Gasteiger partial charge >= 0.3 is 0 Å². The van der Waals surface area contributed by atoms with E-state index in [0.29, 0.717) is 0 Å². The van der Waals surface area contributed by atoms with Gasteiger partial charge in [0.25, 0.3) is 0 Å². The molecular weight excluding hydrogens is 198 g/mol. The van der Waals surface area contributed by atoms with Crippen molar-refractivity contribution in [2.75, 3.05) is 31.1 Å². The summed E-state index contributed by atoms with van der Waals surface area (Å²) in [6, 6.07) is 6.14. The lowest BCUT2D eigenvalue weighted by Gasteiger charge is -2.32. The predicted octanol–water partition coefficient (Wildman–Crippen LogP) is 1.91. The number of piperidine rings is 1. The van der Waals surface area contributed by atoms with Crippen LogP contribution >= 0.6 is 0 Å². The van der Waals surface area contributed by atoms with Crippen LogP contribution in [0.2, 0.25) is 0 Å². The van der Waals surface area contributed by atoms with Crippen LogP contribution in [0.25, 0.3) is 0 Å². The third kappa shape index (κ3) is 2.95. The molecule has 0 saturated carbocycles. The Morgan fingerprint density at radius 1 is 1.38 bits per heavy atom. The molecule has 3 heteroatoms. The van der Waals surface area contributed by atoms with Crippen molar-refractivity contribution in [1.82, 2.24) is 10.3 Å². The molecule has 1 saturated heterocycles. The minimum Gasteiger partial charge on any atom is -0.357 e. The summed E-state index contributed by atoms with van der Waals surface area (Å²) in [7, 11) is 0. The average Bonchev–Trinajstić information content (AvgIpc) is 2.38. The number of anilines is 1. The SMILES string of the molecule is CCNCC1CCN(c2ccccn2)CC1. The first-order valence-electron chi connectivity index (χ1n) is 6.27. The van der Waals surface area contributed by atoms with Gasteiger partial charge < -0.3 is 10.2 Å². The second kappa shape index (κ2) is 5.85. The summed E-state index contributed by atoms with van der Waals surface area (Å²) in [5.41, 5.74) is 0. The largest absolute Gasteiger partial charge is 0.357 e.